The maximum atomic E-state index is 10.5. The minimum atomic E-state index is -1.37. The Balaban J connectivity index is 2.92. The molecule has 0 fully saturated rings. The van der Waals surface area contributed by atoms with Crippen molar-refractivity contribution in [1.29, 1.82) is 0 Å². The molecule has 0 aliphatic carbocycles. The van der Waals surface area contributed by atoms with E-state index in [9.17, 15) is 15.0 Å². The Hall–Kier alpha value is -1.79. The van der Waals surface area contributed by atoms with Gasteiger partial charge in [0.1, 0.15) is 6.10 Å². The molecule has 0 amide bonds. The number of benzene rings is 1. The van der Waals surface area contributed by atoms with Crippen molar-refractivity contribution in [3.8, 4) is 11.5 Å². The van der Waals surface area contributed by atoms with Crippen LogP contribution in [0.3, 0.4) is 0 Å². The molecule has 0 radical (unpaired) electrons. The lowest BCUT2D eigenvalue weighted by molar-refractivity contribution is -0.141. The molecule has 0 heterocycles. The second kappa shape index (κ2) is 6.23. The number of carboxylic acid groups (broad SMARTS) is 1. The first-order valence-corrected chi connectivity index (χ1v) is 5.29. The van der Waals surface area contributed by atoms with Crippen molar-refractivity contribution < 1.29 is 29.6 Å². The van der Waals surface area contributed by atoms with Gasteiger partial charge in [-0.05, 0) is 17.7 Å². The predicted molar refractivity (Wildman–Crippen MR) is 62.8 cm³/mol. The van der Waals surface area contributed by atoms with Gasteiger partial charge in [-0.1, -0.05) is 6.07 Å². The molecule has 6 nitrogen and oxygen atoms in total. The lowest BCUT2D eigenvalue weighted by Gasteiger charge is -2.18. The number of carboxylic acids is 1. The van der Waals surface area contributed by atoms with Crippen molar-refractivity contribution in [3.63, 3.8) is 0 Å². The second-order valence-corrected chi connectivity index (χ2v) is 3.72. The number of rotatable bonds is 6. The van der Waals surface area contributed by atoms with E-state index < -0.39 is 24.6 Å². The molecule has 1 rings (SSSR count). The topological polar surface area (TPSA) is 96.2 Å². The van der Waals surface area contributed by atoms with Gasteiger partial charge in [0.2, 0.25) is 0 Å². The summed E-state index contributed by atoms with van der Waals surface area (Å²) in [5.74, 6) is -0.292. The van der Waals surface area contributed by atoms with Crippen LogP contribution in [0.2, 0.25) is 0 Å². The number of ether oxygens (including phenoxy) is 2. The van der Waals surface area contributed by atoms with Gasteiger partial charge in [0.25, 0.3) is 0 Å². The lowest BCUT2D eigenvalue weighted by Crippen LogP contribution is -2.21. The van der Waals surface area contributed by atoms with Gasteiger partial charge in [0.15, 0.2) is 11.5 Å². The lowest BCUT2D eigenvalue weighted by atomic mass is 10.0. The molecule has 0 saturated heterocycles. The summed E-state index contributed by atoms with van der Waals surface area (Å²) in [6.07, 6.45) is -3.20. The third-order valence-electron chi connectivity index (χ3n) is 2.50. The van der Waals surface area contributed by atoms with E-state index in [1.807, 2.05) is 0 Å². The SMILES string of the molecule is COc1ccc(C(O)C(O)CC(=O)O)cc1OC. The summed E-state index contributed by atoms with van der Waals surface area (Å²) in [6.45, 7) is 0. The molecule has 2 unspecified atom stereocenters. The fourth-order valence-electron chi connectivity index (χ4n) is 1.55. The number of hydrogen-bond acceptors (Lipinski definition) is 5. The fraction of sp³-hybridized carbons (Fsp3) is 0.417. The van der Waals surface area contributed by atoms with Gasteiger partial charge >= 0.3 is 5.97 Å². The molecule has 0 saturated carbocycles. The second-order valence-electron chi connectivity index (χ2n) is 3.72. The molecular weight excluding hydrogens is 240 g/mol. The third kappa shape index (κ3) is 3.35. The molecule has 0 bridgehead atoms. The van der Waals surface area contributed by atoms with Crippen molar-refractivity contribution in [2.45, 2.75) is 18.6 Å². The van der Waals surface area contributed by atoms with Crippen LogP contribution in [0, 0.1) is 0 Å². The van der Waals surface area contributed by atoms with Crippen LogP contribution in [0.4, 0.5) is 0 Å². The van der Waals surface area contributed by atoms with E-state index in [1.165, 1.54) is 26.4 Å². The molecule has 18 heavy (non-hydrogen) atoms. The molecule has 1 aromatic carbocycles. The van der Waals surface area contributed by atoms with Crippen LogP contribution < -0.4 is 9.47 Å². The average molecular weight is 256 g/mol. The Bertz CT molecular complexity index is 417. The average Bonchev–Trinajstić information content (AvgIpc) is 2.36. The molecule has 0 aromatic heterocycles. The van der Waals surface area contributed by atoms with E-state index in [2.05, 4.69) is 0 Å². The Morgan fingerprint density at radius 3 is 2.33 bits per heavy atom. The van der Waals surface area contributed by atoms with Crippen molar-refractivity contribution in [2.75, 3.05) is 14.2 Å². The van der Waals surface area contributed by atoms with E-state index in [-0.39, 0.29) is 0 Å². The maximum absolute atomic E-state index is 10.5. The zero-order valence-electron chi connectivity index (χ0n) is 10.2. The molecule has 0 aliphatic rings. The van der Waals surface area contributed by atoms with Crippen LogP contribution in [-0.2, 0) is 4.79 Å². The summed E-state index contributed by atoms with van der Waals surface area (Å²) in [5.41, 5.74) is 0.362. The summed E-state index contributed by atoms with van der Waals surface area (Å²) in [7, 11) is 2.93. The molecule has 1 aromatic rings. The van der Waals surface area contributed by atoms with Crippen LogP contribution in [0.1, 0.15) is 18.1 Å². The van der Waals surface area contributed by atoms with Gasteiger partial charge in [0.05, 0.1) is 26.7 Å². The number of aliphatic hydroxyl groups excluding tert-OH is 2. The fourth-order valence-corrected chi connectivity index (χ4v) is 1.55. The minimum absolute atomic E-state index is 0.362. The Morgan fingerprint density at radius 1 is 1.22 bits per heavy atom. The van der Waals surface area contributed by atoms with E-state index in [4.69, 9.17) is 14.6 Å². The zero-order chi connectivity index (χ0) is 13.7. The normalized spacial score (nSPS) is 13.8. The third-order valence-corrected chi connectivity index (χ3v) is 2.50. The Morgan fingerprint density at radius 2 is 1.83 bits per heavy atom. The van der Waals surface area contributed by atoms with Gasteiger partial charge in [0, 0.05) is 0 Å². The predicted octanol–water partition coefficient (Wildman–Crippen LogP) is 0.573. The van der Waals surface area contributed by atoms with Gasteiger partial charge in [-0.15, -0.1) is 0 Å². The van der Waals surface area contributed by atoms with E-state index in [0.717, 1.165) is 0 Å². The molecule has 100 valence electrons. The van der Waals surface area contributed by atoms with Crippen LogP contribution in [0.15, 0.2) is 18.2 Å². The van der Waals surface area contributed by atoms with Crippen LogP contribution >= 0.6 is 0 Å². The highest BCUT2D eigenvalue weighted by Crippen LogP contribution is 2.31. The van der Waals surface area contributed by atoms with Crippen molar-refractivity contribution >= 4 is 5.97 Å². The van der Waals surface area contributed by atoms with Crippen molar-refractivity contribution in [1.82, 2.24) is 0 Å². The van der Waals surface area contributed by atoms with Gasteiger partial charge in [-0.25, -0.2) is 0 Å². The summed E-state index contributed by atoms with van der Waals surface area (Å²) in [5, 5.41) is 27.9. The quantitative estimate of drug-likeness (QED) is 0.688. The van der Waals surface area contributed by atoms with Gasteiger partial charge in [-0.2, -0.15) is 0 Å². The Kier molecular flexibility index (Phi) is 4.94. The number of aliphatic carboxylic acids is 1. The highest BCUT2D eigenvalue weighted by atomic mass is 16.5. The van der Waals surface area contributed by atoms with E-state index in [0.29, 0.717) is 17.1 Å². The van der Waals surface area contributed by atoms with Crippen LogP contribution in [0.5, 0.6) is 11.5 Å². The number of methoxy groups -OCH3 is 2. The van der Waals surface area contributed by atoms with E-state index >= 15 is 0 Å². The first kappa shape index (κ1) is 14.3. The zero-order valence-corrected chi connectivity index (χ0v) is 10.2. The largest absolute Gasteiger partial charge is 0.493 e. The highest BCUT2D eigenvalue weighted by Gasteiger charge is 2.22. The molecule has 2 atom stereocenters. The number of aliphatic hydroxyl groups is 2. The first-order chi connectivity index (χ1) is 8.49. The van der Waals surface area contributed by atoms with Crippen LogP contribution in [0.25, 0.3) is 0 Å². The standard InChI is InChI=1S/C12H16O6/c1-17-9-4-3-7(5-10(9)18-2)12(16)8(13)6-11(14)15/h3-5,8,12-13,16H,6H2,1-2H3,(H,14,15). The molecular formula is C12H16O6. The number of hydrogen-bond donors (Lipinski definition) is 3. The van der Waals surface area contributed by atoms with E-state index in [1.54, 1.807) is 6.07 Å². The minimum Gasteiger partial charge on any atom is -0.493 e. The number of carbonyl (C=O) groups is 1. The monoisotopic (exact) mass is 256 g/mol. The van der Waals surface area contributed by atoms with Gasteiger partial charge < -0.3 is 24.8 Å². The molecule has 6 heteroatoms. The summed E-state index contributed by atoms with van der Waals surface area (Å²) in [4.78, 5) is 10.5. The first-order valence-electron chi connectivity index (χ1n) is 5.29. The maximum Gasteiger partial charge on any atom is 0.306 e. The summed E-state index contributed by atoms with van der Waals surface area (Å²) < 4.78 is 10.1. The molecule has 3 N–H and O–H groups in total. The summed E-state index contributed by atoms with van der Waals surface area (Å²) in [6, 6.07) is 4.61. The highest BCUT2D eigenvalue weighted by molar-refractivity contribution is 5.67. The molecule has 0 spiro atoms. The summed E-state index contributed by atoms with van der Waals surface area (Å²) >= 11 is 0. The van der Waals surface area contributed by atoms with Crippen molar-refractivity contribution in [2.24, 2.45) is 0 Å². The molecule has 0 aliphatic heterocycles. The van der Waals surface area contributed by atoms with Crippen LogP contribution in [-0.4, -0.2) is 41.6 Å². The van der Waals surface area contributed by atoms with Gasteiger partial charge in [-0.3, -0.25) is 4.79 Å². The smallest absolute Gasteiger partial charge is 0.306 e. The van der Waals surface area contributed by atoms with Crippen molar-refractivity contribution in [3.05, 3.63) is 23.8 Å². The Labute approximate surface area is 104 Å².